The number of methoxy groups -OCH3 is 1. The number of rotatable bonds is 6. The molecule has 0 spiro atoms. The van der Waals surface area contributed by atoms with E-state index >= 15 is 0 Å². The van der Waals surface area contributed by atoms with Crippen molar-refractivity contribution in [1.82, 2.24) is 19.4 Å². The van der Waals surface area contributed by atoms with Crippen LogP contribution in [0.4, 0.5) is 5.69 Å². The van der Waals surface area contributed by atoms with Crippen LogP contribution in [0.2, 0.25) is 0 Å². The minimum atomic E-state index is 0. The largest absolute Gasteiger partial charge is 0.495 e. The average Bonchev–Trinajstić information content (AvgIpc) is 3.22. The molecule has 0 aliphatic carbocycles. The predicted octanol–water partition coefficient (Wildman–Crippen LogP) is 3.93. The van der Waals surface area contributed by atoms with Crippen LogP contribution in [0.1, 0.15) is 17.4 Å². The molecular formula is C24H34Cl3N5O2S. The summed E-state index contributed by atoms with van der Waals surface area (Å²) >= 11 is 1.70. The van der Waals surface area contributed by atoms with Gasteiger partial charge in [-0.05, 0) is 30.7 Å². The lowest BCUT2D eigenvalue weighted by Gasteiger charge is -2.36. The Morgan fingerprint density at radius 1 is 1.00 bits per heavy atom. The standard InChI is InChI=1S/C24H31N5O2S.3ClH/c1-3-26-9-8-18-21(16-26)32-23-22(18)24(30)29(17-25-23)15-12-27-10-13-28(14-11-27)19-6-4-5-7-20(19)31-2;;;/h4-7,17H,3,8-16H2,1-2H3;3*1H. The molecule has 2 aliphatic rings. The van der Waals surface area contributed by atoms with E-state index in [0.717, 1.165) is 80.4 Å². The highest BCUT2D eigenvalue weighted by molar-refractivity contribution is 7.18. The summed E-state index contributed by atoms with van der Waals surface area (Å²) in [5.41, 5.74) is 2.53. The van der Waals surface area contributed by atoms with Crippen LogP contribution in [0, 0.1) is 0 Å². The molecule has 0 amide bonds. The van der Waals surface area contributed by atoms with Gasteiger partial charge in [0.1, 0.15) is 10.6 Å². The van der Waals surface area contributed by atoms with Crippen molar-refractivity contribution in [3.63, 3.8) is 0 Å². The van der Waals surface area contributed by atoms with Crippen molar-refractivity contribution in [2.24, 2.45) is 0 Å². The van der Waals surface area contributed by atoms with Crippen LogP contribution in [0.25, 0.3) is 10.2 Å². The fraction of sp³-hybridized carbons (Fsp3) is 0.500. The first-order valence-electron chi connectivity index (χ1n) is 11.5. The van der Waals surface area contributed by atoms with E-state index in [-0.39, 0.29) is 42.8 Å². The molecular weight excluding hydrogens is 529 g/mol. The Labute approximate surface area is 229 Å². The molecule has 7 nitrogen and oxygen atoms in total. The van der Waals surface area contributed by atoms with Gasteiger partial charge in [0, 0.05) is 57.2 Å². The van der Waals surface area contributed by atoms with Gasteiger partial charge in [-0.1, -0.05) is 19.1 Å². The molecule has 2 aromatic heterocycles. The number of ether oxygens (including phenoxy) is 1. The van der Waals surface area contributed by atoms with Crippen LogP contribution < -0.4 is 15.2 Å². The summed E-state index contributed by atoms with van der Waals surface area (Å²) in [5, 5.41) is 0.865. The maximum atomic E-state index is 13.3. The average molecular weight is 563 g/mol. The van der Waals surface area contributed by atoms with Crippen LogP contribution >= 0.6 is 48.6 Å². The monoisotopic (exact) mass is 561 g/mol. The highest BCUT2D eigenvalue weighted by Gasteiger charge is 2.24. The number of piperazine rings is 1. The van der Waals surface area contributed by atoms with Crippen LogP contribution in [-0.2, 0) is 19.5 Å². The van der Waals surface area contributed by atoms with E-state index in [0.29, 0.717) is 6.54 Å². The third-order valence-electron chi connectivity index (χ3n) is 6.81. The zero-order valence-electron chi connectivity index (χ0n) is 20.1. The predicted molar refractivity (Wildman–Crippen MR) is 152 cm³/mol. The second kappa shape index (κ2) is 13.1. The Morgan fingerprint density at radius 3 is 2.46 bits per heavy atom. The maximum Gasteiger partial charge on any atom is 0.262 e. The molecule has 2 aliphatic heterocycles. The number of nitrogens with zero attached hydrogens (tertiary/aromatic N) is 5. The van der Waals surface area contributed by atoms with Gasteiger partial charge in [-0.15, -0.1) is 48.6 Å². The number of halogens is 3. The normalized spacial score (nSPS) is 16.1. The Hall–Kier alpha value is -1.55. The highest BCUT2D eigenvalue weighted by Crippen LogP contribution is 2.32. The lowest BCUT2D eigenvalue weighted by molar-refractivity contribution is 0.246. The van der Waals surface area contributed by atoms with Gasteiger partial charge in [0.05, 0.1) is 24.5 Å². The molecule has 194 valence electrons. The number of likely N-dealkylation sites (N-methyl/N-ethyl adjacent to an activating group) is 1. The number of thiophene rings is 1. The number of hydrogen-bond acceptors (Lipinski definition) is 7. The Morgan fingerprint density at radius 2 is 1.74 bits per heavy atom. The molecule has 4 heterocycles. The molecule has 3 aromatic rings. The van der Waals surface area contributed by atoms with Crippen LogP contribution in [-0.4, -0.2) is 72.3 Å². The fourth-order valence-electron chi connectivity index (χ4n) is 4.85. The summed E-state index contributed by atoms with van der Waals surface area (Å²) in [5.74, 6) is 0.924. The summed E-state index contributed by atoms with van der Waals surface area (Å²) in [4.78, 5) is 27.4. The smallest absolute Gasteiger partial charge is 0.262 e. The zero-order valence-corrected chi connectivity index (χ0v) is 23.4. The molecule has 0 bridgehead atoms. The molecule has 0 saturated carbocycles. The Bertz CT molecular complexity index is 1160. The van der Waals surface area contributed by atoms with Crippen LogP contribution in [0.15, 0.2) is 35.4 Å². The topological polar surface area (TPSA) is 53.8 Å². The van der Waals surface area contributed by atoms with Crippen molar-refractivity contribution in [3.8, 4) is 5.75 Å². The van der Waals surface area contributed by atoms with Gasteiger partial charge in [-0.3, -0.25) is 19.2 Å². The Balaban J connectivity index is 0.00000144. The summed E-state index contributed by atoms with van der Waals surface area (Å²) in [6, 6.07) is 8.20. The first-order valence-corrected chi connectivity index (χ1v) is 12.3. The molecule has 0 unspecified atom stereocenters. The SMILES string of the molecule is CCN1CCc2c(sc3ncn(CCN4CCN(c5ccccc5OC)CC4)c(=O)c23)C1.Cl.Cl.Cl. The van der Waals surface area contributed by atoms with Crippen molar-refractivity contribution < 1.29 is 4.74 Å². The van der Waals surface area contributed by atoms with Gasteiger partial charge in [-0.2, -0.15) is 0 Å². The highest BCUT2D eigenvalue weighted by atomic mass is 35.5. The minimum Gasteiger partial charge on any atom is -0.495 e. The van der Waals surface area contributed by atoms with Crippen molar-refractivity contribution in [2.75, 3.05) is 57.8 Å². The van der Waals surface area contributed by atoms with E-state index in [1.165, 1.54) is 10.4 Å². The molecule has 0 radical (unpaired) electrons. The van der Waals surface area contributed by atoms with E-state index in [1.807, 2.05) is 16.7 Å². The van der Waals surface area contributed by atoms with Gasteiger partial charge >= 0.3 is 0 Å². The fourth-order valence-corrected chi connectivity index (χ4v) is 6.07. The van der Waals surface area contributed by atoms with Crippen molar-refractivity contribution in [1.29, 1.82) is 0 Å². The second-order valence-electron chi connectivity index (χ2n) is 8.55. The lowest BCUT2D eigenvalue weighted by atomic mass is 10.1. The first kappa shape index (κ1) is 29.7. The molecule has 1 saturated heterocycles. The van der Waals surface area contributed by atoms with Gasteiger partial charge in [-0.25, -0.2) is 4.98 Å². The summed E-state index contributed by atoms with van der Waals surface area (Å²) < 4.78 is 7.34. The van der Waals surface area contributed by atoms with E-state index < -0.39 is 0 Å². The molecule has 35 heavy (non-hydrogen) atoms. The number of hydrogen-bond donors (Lipinski definition) is 0. The summed E-state index contributed by atoms with van der Waals surface area (Å²) in [7, 11) is 1.72. The third-order valence-corrected chi connectivity index (χ3v) is 7.93. The third kappa shape index (κ3) is 6.06. The molecule has 1 fully saturated rings. The van der Waals surface area contributed by atoms with E-state index in [4.69, 9.17) is 4.74 Å². The van der Waals surface area contributed by atoms with Gasteiger partial charge in [0.25, 0.3) is 5.56 Å². The summed E-state index contributed by atoms with van der Waals surface area (Å²) in [6.07, 6.45) is 2.70. The minimum absolute atomic E-state index is 0. The van der Waals surface area contributed by atoms with Crippen LogP contribution in [0.3, 0.4) is 0 Å². The molecule has 11 heteroatoms. The van der Waals surface area contributed by atoms with E-state index in [9.17, 15) is 4.79 Å². The van der Waals surface area contributed by atoms with Gasteiger partial charge in [0.2, 0.25) is 0 Å². The maximum absolute atomic E-state index is 13.3. The van der Waals surface area contributed by atoms with Crippen molar-refractivity contribution in [3.05, 3.63) is 51.4 Å². The molecule has 0 atom stereocenters. The lowest BCUT2D eigenvalue weighted by Crippen LogP contribution is -2.47. The van der Waals surface area contributed by atoms with Gasteiger partial charge < -0.3 is 9.64 Å². The van der Waals surface area contributed by atoms with Crippen molar-refractivity contribution >= 4 is 64.5 Å². The number of para-hydroxylation sites is 2. The van der Waals surface area contributed by atoms with Crippen molar-refractivity contribution in [2.45, 2.75) is 26.4 Å². The van der Waals surface area contributed by atoms with E-state index in [1.54, 1.807) is 24.8 Å². The number of aromatic nitrogens is 2. The first-order chi connectivity index (χ1) is 15.7. The molecule has 1 aromatic carbocycles. The number of benzene rings is 1. The zero-order chi connectivity index (χ0) is 22.1. The number of anilines is 1. The van der Waals surface area contributed by atoms with Crippen LogP contribution in [0.5, 0.6) is 5.75 Å². The van der Waals surface area contributed by atoms with E-state index in [2.05, 4.69) is 38.7 Å². The Kier molecular flexibility index (Phi) is 11.1. The second-order valence-corrected chi connectivity index (χ2v) is 9.63. The molecule has 5 rings (SSSR count). The summed E-state index contributed by atoms with van der Waals surface area (Å²) in [6.45, 7) is 10.6. The quantitative estimate of drug-likeness (QED) is 0.454. The number of fused-ring (bicyclic) bond motifs is 3. The molecule has 0 N–H and O–H groups in total. The van der Waals surface area contributed by atoms with Gasteiger partial charge in [0.15, 0.2) is 0 Å².